The van der Waals surface area contributed by atoms with Crippen LogP contribution in [0, 0.1) is 34.5 Å². The fourth-order valence-corrected chi connectivity index (χ4v) is 8.56. The molecule has 3 saturated carbocycles. The molecule has 2 N–H and O–H groups in total. The number of aliphatic hydroxyl groups is 2. The van der Waals surface area contributed by atoms with Crippen molar-refractivity contribution in [1.29, 1.82) is 0 Å². The average Bonchev–Trinajstić information content (AvgIpc) is 3.03. The van der Waals surface area contributed by atoms with Crippen molar-refractivity contribution < 1.29 is 14.9 Å². The molecule has 0 bridgehead atoms. The molecule has 3 fully saturated rings. The van der Waals surface area contributed by atoms with Gasteiger partial charge in [-0.1, -0.05) is 31.9 Å². The molecule has 0 radical (unpaired) electrons. The van der Waals surface area contributed by atoms with E-state index in [0.717, 1.165) is 62.2 Å². The van der Waals surface area contributed by atoms with Crippen molar-refractivity contribution in [3.8, 4) is 0 Å². The van der Waals surface area contributed by atoms with Gasteiger partial charge in [0.15, 0.2) is 0 Å². The minimum atomic E-state index is -0.589. The molecule has 3 nitrogen and oxygen atoms in total. The van der Waals surface area contributed by atoms with E-state index in [4.69, 9.17) is 4.74 Å². The molecule has 0 aromatic heterocycles. The highest BCUT2D eigenvalue weighted by Crippen LogP contribution is 2.67. The van der Waals surface area contributed by atoms with E-state index in [1.165, 1.54) is 38.5 Å². The van der Waals surface area contributed by atoms with Gasteiger partial charge in [0.1, 0.15) is 0 Å². The first-order valence-corrected chi connectivity index (χ1v) is 13.1. The first-order chi connectivity index (χ1) is 14.5. The fraction of sp³-hybridized carbons (Fsp3) is 0.929. The second kappa shape index (κ2) is 8.44. The van der Waals surface area contributed by atoms with Crippen molar-refractivity contribution in [1.82, 2.24) is 0 Å². The van der Waals surface area contributed by atoms with Crippen LogP contribution in [0.3, 0.4) is 0 Å². The summed E-state index contributed by atoms with van der Waals surface area (Å²) in [6.07, 6.45) is 16.4. The van der Waals surface area contributed by atoms with Crippen LogP contribution < -0.4 is 0 Å². The molecule has 0 aromatic rings. The van der Waals surface area contributed by atoms with Crippen LogP contribution in [-0.4, -0.2) is 35.1 Å². The van der Waals surface area contributed by atoms with Gasteiger partial charge in [0.2, 0.25) is 0 Å². The Labute approximate surface area is 191 Å². The molecule has 8 unspecified atom stereocenters. The van der Waals surface area contributed by atoms with Crippen LogP contribution in [-0.2, 0) is 4.74 Å². The lowest BCUT2D eigenvalue weighted by Crippen LogP contribution is -2.51. The molecule has 0 aliphatic heterocycles. The summed E-state index contributed by atoms with van der Waals surface area (Å²) < 4.78 is 5.17. The summed E-state index contributed by atoms with van der Waals surface area (Å²) >= 11 is 0. The summed E-state index contributed by atoms with van der Waals surface area (Å²) in [5.41, 5.74) is 1.30. The predicted molar refractivity (Wildman–Crippen MR) is 127 cm³/mol. The second-order valence-electron chi connectivity index (χ2n) is 12.9. The molecule has 0 heterocycles. The number of rotatable bonds is 7. The lowest BCUT2D eigenvalue weighted by Gasteiger charge is -2.59. The molecule has 178 valence electrons. The van der Waals surface area contributed by atoms with Crippen LogP contribution in [0.15, 0.2) is 11.6 Å². The summed E-state index contributed by atoms with van der Waals surface area (Å²) in [7, 11) is 1.71. The monoisotopic (exact) mass is 432 g/mol. The number of methoxy groups -OCH3 is 1. The Morgan fingerprint density at radius 1 is 1.06 bits per heavy atom. The van der Waals surface area contributed by atoms with Crippen LogP contribution in [0.4, 0.5) is 0 Å². The van der Waals surface area contributed by atoms with Crippen molar-refractivity contribution in [2.75, 3.05) is 13.7 Å². The normalized spacial score (nSPS) is 46.5. The lowest BCUT2D eigenvalue weighted by molar-refractivity contribution is -0.0666. The molecule has 31 heavy (non-hydrogen) atoms. The van der Waals surface area contributed by atoms with Crippen LogP contribution in [0.1, 0.15) is 105 Å². The lowest BCUT2D eigenvalue weighted by atomic mass is 9.46. The van der Waals surface area contributed by atoms with Crippen molar-refractivity contribution in [3.63, 3.8) is 0 Å². The maximum Gasteiger partial charge on any atom is 0.0657 e. The maximum atomic E-state index is 10.7. The highest BCUT2D eigenvalue weighted by atomic mass is 16.5. The van der Waals surface area contributed by atoms with E-state index < -0.39 is 11.2 Å². The van der Waals surface area contributed by atoms with Gasteiger partial charge < -0.3 is 14.9 Å². The molecule has 0 spiro atoms. The SMILES string of the molecule is COCCC(C)(O)CCCC1CCC2C3CC=C4CC(C)(O)CCC4(C)C3CCC12C. The molecular weight excluding hydrogens is 384 g/mol. The minimum Gasteiger partial charge on any atom is -0.390 e. The molecule has 0 aromatic carbocycles. The highest BCUT2D eigenvalue weighted by molar-refractivity contribution is 5.26. The van der Waals surface area contributed by atoms with Crippen LogP contribution in [0.5, 0.6) is 0 Å². The van der Waals surface area contributed by atoms with Crippen molar-refractivity contribution >= 4 is 0 Å². The largest absolute Gasteiger partial charge is 0.390 e. The first kappa shape index (κ1) is 23.8. The Morgan fingerprint density at radius 2 is 1.84 bits per heavy atom. The summed E-state index contributed by atoms with van der Waals surface area (Å²) in [4.78, 5) is 0. The molecule has 0 saturated heterocycles. The zero-order chi connectivity index (χ0) is 22.5. The number of allylic oxidation sites excluding steroid dienone is 1. The second-order valence-corrected chi connectivity index (χ2v) is 12.9. The van der Waals surface area contributed by atoms with E-state index in [0.29, 0.717) is 17.4 Å². The zero-order valence-electron chi connectivity index (χ0n) is 20.9. The maximum absolute atomic E-state index is 10.7. The van der Waals surface area contributed by atoms with Gasteiger partial charge in [0.25, 0.3) is 0 Å². The molecule has 4 aliphatic carbocycles. The van der Waals surface area contributed by atoms with Crippen molar-refractivity contribution in [2.45, 2.75) is 116 Å². The van der Waals surface area contributed by atoms with Gasteiger partial charge in [0, 0.05) is 13.7 Å². The van der Waals surface area contributed by atoms with Crippen LogP contribution >= 0.6 is 0 Å². The van der Waals surface area contributed by atoms with E-state index >= 15 is 0 Å². The van der Waals surface area contributed by atoms with Crippen molar-refractivity contribution in [2.24, 2.45) is 34.5 Å². The highest BCUT2D eigenvalue weighted by Gasteiger charge is 2.58. The Balaban J connectivity index is 1.41. The van der Waals surface area contributed by atoms with Gasteiger partial charge in [-0.3, -0.25) is 0 Å². The average molecular weight is 433 g/mol. The molecule has 4 aliphatic rings. The first-order valence-electron chi connectivity index (χ1n) is 13.1. The summed E-state index contributed by atoms with van der Waals surface area (Å²) in [6.45, 7) is 9.79. The summed E-state index contributed by atoms with van der Waals surface area (Å²) in [6, 6.07) is 0. The quantitative estimate of drug-likeness (QED) is 0.466. The van der Waals surface area contributed by atoms with Crippen LogP contribution in [0.25, 0.3) is 0 Å². The molecule has 8 atom stereocenters. The fourth-order valence-electron chi connectivity index (χ4n) is 8.56. The van der Waals surface area contributed by atoms with E-state index in [-0.39, 0.29) is 0 Å². The van der Waals surface area contributed by atoms with E-state index in [1.807, 2.05) is 13.8 Å². The van der Waals surface area contributed by atoms with Gasteiger partial charge in [-0.15, -0.1) is 0 Å². The number of hydrogen-bond donors (Lipinski definition) is 2. The Bertz CT molecular complexity index is 680. The standard InChI is InChI=1S/C28H48O3/c1-25(29,17-18-31-5)13-6-7-20-9-11-23-22-10-8-21-19-26(2,30)15-16-28(21,4)24(22)12-14-27(20,23)3/h8,20,22-24,29-30H,6-7,9-19H2,1-5H3. The number of hydrogen-bond acceptors (Lipinski definition) is 3. The van der Waals surface area contributed by atoms with Gasteiger partial charge in [-0.2, -0.15) is 0 Å². The van der Waals surface area contributed by atoms with E-state index in [1.54, 1.807) is 12.7 Å². The topological polar surface area (TPSA) is 49.7 Å². The van der Waals surface area contributed by atoms with Crippen molar-refractivity contribution in [3.05, 3.63) is 11.6 Å². The molecule has 4 rings (SSSR count). The number of ether oxygens (including phenoxy) is 1. The predicted octanol–water partition coefficient (Wildman–Crippen LogP) is 6.27. The van der Waals surface area contributed by atoms with E-state index in [2.05, 4.69) is 19.9 Å². The van der Waals surface area contributed by atoms with Gasteiger partial charge in [-0.05, 0) is 119 Å². The third-order valence-electron chi connectivity index (χ3n) is 10.7. The van der Waals surface area contributed by atoms with Gasteiger partial charge >= 0.3 is 0 Å². The zero-order valence-corrected chi connectivity index (χ0v) is 20.9. The Hall–Kier alpha value is -0.380. The van der Waals surface area contributed by atoms with Crippen LogP contribution in [0.2, 0.25) is 0 Å². The smallest absolute Gasteiger partial charge is 0.0657 e. The van der Waals surface area contributed by atoms with Gasteiger partial charge in [0.05, 0.1) is 11.2 Å². The Morgan fingerprint density at radius 3 is 2.58 bits per heavy atom. The molecular formula is C28H48O3. The summed E-state index contributed by atoms with van der Waals surface area (Å²) in [5.74, 6) is 3.34. The minimum absolute atomic E-state index is 0.324. The Kier molecular flexibility index (Phi) is 6.47. The van der Waals surface area contributed by atoms with Gasteiger partial charge in [-0.25, -0.2) is 0 Å². The summed E-state index contributed by atoms with van der Waals surface area (Å²) in [5, 5.41) is 21.3. The van der Waals surface area contributed by atoms with E-state index in [9.17, 15) is 10.2 Å². The molecule has 0 amide bonds. The third kappa shape index (κ3) is 4.41. The molecule has 3 heteroatoms. The number of fused-ring (bicyclic) bond motifs is 5. The third-order valence-corrected chi connectivity index (χ3v) is 10.7.